The lowest BCUT2D eigenvalue weighted by Gasteiger charge is -2.17. The van der Waals surface area contributed by atoms with E-state index in [2.05, 4.69) is 0 Å². The van der Waals surface area contributed by atoms with Crippen LogP contribution < -0.4 is 10.6 Å². The Balaban J connectivity index is 2.27. The Morgan fingerprint density at radius 1 is 1.23 bits per heavy atom. The Morgan fingerprint density at radius 3 is 2.45 bits per heavy atom. The monoisotopic (exact) mass is 302 g/mol. The van der Waals surface area contributed by atoms with Crippen LogP contribution in [0, 0.1) is 5.82 Å². The minimum Gasteiger partial charge on any atom is -0.449 e. The number of carbonyl (C=O) groups excluding carboxylic acids is 1. The van der Waals surface area contributed by atoms with E-state index in [1.165, 1.54) is 11.0 Å². The van der Waals surface area contributed by atoms with Crippen LogP contribution in [0.1, 0.15) is 12.5 Å². The molecular weight excluding hydrogens is 283 g/mol. The molecule has 0 heterocycles. The van der Waals surface area contributed by atoms with Gasteiger partial charge in [-0.25, -0.2) is 9.18 Å². The van der Waals surface area contributed by atoms with Gasteiger partial charge in [-0.1, -0.05) is 24.3 Å². The highest BCUT2D eigenvalue weighted by Crippen LogP contribution is 2.27. The number of hydrogen-bond acceptors (Lipinski definition) is 3. The predicted octanol–water partition coefficient (Wildman–Crippen LogP) is 3.54. The Labute approximate surface area is 129 Å². The van der Waals surface area contributed by atoms with E-state index in [1.807, 2.05) is 24.3 Å². The molecule has 22 heavy (non-hydrogen) atoms. The summed E-state index contributed by atoms with van der Waals surface area (Å²) >= 11 is 0. The van der Waals surface area contributed by atoms with Gasteiger partial charge in [-0.15, -0.1) is 0 Å². The van der Waals surface area contributed by atoms with Crippen molar-refractivity contribution in [3.05, 3.63) is 53.8 Å². The maximum Gasteiger partial charge on any atom is 0.413 e. The van der Waals surface area contributed by atoms with Gasteiger partial charge in [0.2, 0.25) is 0 Å². The summed E-state index contributed by atoms with van der Waals surface area (Å²) in [6, 6.07) is 12.1. The highest BCUT2D eigenvalue weighted by Gasteiger charge is 2.14. The van der Waals surface area contributed by atoms with Gasteiger partial charge in [-0.3, -0.25) is 4.90 Å². The molecule has 4 nitrogen and oxygen atoms in total. The number of nitrogens with two attached hydrogens (primary N) is 1. The van der Waals surface area contributed by atoms with Gasteiger partial charge >= 0.3 is 6.09 Å². The van der Waals surface area contributed by atoms with Crippen LogP contribution in [-0.4, -0.2) is 19.7 Å². The second-order valence-corrected chi connectivity index (χ2v) is 4.82. The van der Waals surface area contributed by atoms with Crippen molar-refractivity contribution in [1.82, 2.24) is 0 Å². The van der Waals surface area contributed by atoms with Crippen molar-refractivity contribution >= 4 is 11.8 Å². The molecule has 0 fully saturated rings. The van der Waals surface area contributed by atoms with Crippen molar-refractivity contribution in [2.24, 2.45) is 5.73 Å². The number of carbonyl (C=O) groups is 1. The van der Waals surface area contributed by atoms with Gasteiger partial charge in [-0.05, 0) is 36.2 Å². The maximum atomic E-state index is 14.3. The largest absolute Gasteiger partial charge is 0.449 e. The lowest BCUT2D eigenvalue weighted by molar-refractivity contribution is 0.161. The SMILES string of the molecule is CCOC(=O)N(C)c1ccc(-c2ccc(CN)cc2)c(F)c1. The summed E-state index contributed by atoms with van der Waals surface area (Å²) in [5.74, 6) is -0.394. The topological polar surface area (TPSA) is 55.6 Å². The van der Waals surface area contributed by atoms with E-state index in [-0.39, 0.29) is 6.61 Å². The molecule has 2 aromatic carbocycles. The minimum atomic E-state index is -0.512. The van der Waals surface area contributed by atoms with E-state index in [1.54, 1.807) is 26.1 Å². The first-order chi connectivity index (χ1) is 10.6. The van der Waals surface area contributed by atoms with Gasteiger partial charge < -0.3 is 10.5 Å². The summed E-state index contributed by atoms with van der Waals surface area (Å²) in [5.41, 5.74) is 8.22. The fourth-order valence-electron chi connectivity index (χ4n) is 2.09. The van der Waals surface area contributed by atoms with Crippen LogP contribution in [0.4, 0.5) is 14.9 Å². The Hall–Kier alpha value is -2.40. The molecule has 2 N–H and O–H groups in total. The van der Waals surface area contributed by atoms with E-state index in [9.17, 15) is 9.18 Å². The lowest BCUT2D eigenvalue weighted by atomic mass is 10.0. The molecule has 0 radical (unpaired) electrons. The van der Waals surface area contributed by atoms with Crippen LogP contribution in [0.25, 0.3) is 11.1 Å². The second-order valence-electron chi connectivity index (χ2n) is 4.82. The van der Waals surface area contributed by atoms with Crippen molar-refractivity contribution in [3.63, 3.8) is 0 Å². The van der Waals surface area contributed by atoms with E-state index in [0.29, 0.717) is 17.8 Å². The van der Waals surface area contributed by atoms with Crippen LogP contribution >= 0.6 is 0 Å². The van der Waals surface area contributed by atoms with Gasteiger partial charge in [0.1, 0.15) is 5.82 Å². The zero-order valence-corrected chi connectivity index (χ0v) is 12.7. The third-order valence-corrected chi connectivity index (χ3v) is 3.38. The van der Waals surface area contributed by atoms with Crippen LogP contribution in [0.3, 0.4) is 0 Å². The first-order valence-electron chi connectivity index (χ1n) is 7.06. The standard InChI is InChI=1S/C17H19FN2O2/c1-3-22-17(21)20(2)14-8-9-15(16(18)10-14)13-6-4-12(11-19)5-7-13/h4-10H,3,11,19H2,1-2H3. The average molecular weight is 302 g/mol. The summed E-state index contributed by atoms with van der Waals surface area (Å²) in [5, 5.41) is 0. The highest BCUT2D eigenvalue weighted by molar-refractivity contribution is 5.87. The molecule has 2 aromatic rings. The van der Waals surface area contributed by atoms with Gasteiger partial charge in [0.25, 0.3) is 0 Å². The van der Waals surface area contributed by atoms with Crippen molar-refractivity contribution < 1.29 is 13.9 Å². The van der Waals surface area contributed by atoms with Crippen molar-refractivity contribution in [3.8, 4) is 11.1 Å². The molecule has 116 valence electrons. The lowest BCUT2D eigenvalue weighted by Crippen LogP contribution is -2.27. The zero-order chi connectivity index (χ0) is 16.1. The van der Waals surface area contributed by atoms with Crippen molar-refractivity contribution in [2.75, 3.05) is 18.6 Å². The molecule has 0 bridgehead atoms. The zero-order valence-electron chi connectivity index (χ0n) is 12.7. The fourth-order valence-corrected chi connectivity index (χ4v) is 2.09. The second kappa shape index (κ2) is 7.04. The van der Waals surface area contributed by atoms with Crippen LogP contribution in [-0.2, 0) is 11.3 Å². The number of rotatable bonds is 4. The number of halogens is 1. The van der Waals surface area contributed by atoms with E-state index < -0.39 is 11.9 Å². The van der Waals surface area contributed by atoms with Gasteiger partial charge in [0, 0.05) is 24.8 Å². The quantitative estimate of drug-likeness (QED) is 0.939. The molecule has 0 unspecified atom stereocenters. The molecule has 0 saturated carbocycles. The van der Waals surface area contributed by atoms with Crippen molar-refractivity contribution in [2.45, 2.75) is 13.5 Å². The average Bonchev–Trinajstić information content (AvgIpc) is 2.54. The molecule has 0 aliphatic rings. The van der Waals surface area contributed by atoms with Crippen LogP contribution in [0.15, 0.2) is 42.5 Å². The van der Waals surface area contributed by atoms with Gasteiger partial charge in [-0.2, -0.15) is 0 Å². The van der Waals surface area contributed by atoms with Crippen LogP contribution in [0.2, 0.25) is 0 Å². The first-order valence-corrected chi connectivity index (χ1v) is 7.06. The van der Waals surface area contributed by atoms with E-state index in [4.69, 9.17) is 10.5 Å². The van der Waals surface area contributed by atoms with Gasteiger partial charge in [0.15, 0.2) is 0 Å². The summed E-state index contributed by atoms with van der Waals surface area (Å²) in [6.07, 6.45) is -0.512. The normalized spacial score (nSPS) is 10.4. The summed E-state index contributed by atoms with van der Waals surface area (Å²) in [7, 11) is 1.54. The number of ether oxygens (including phenoxy) is 1. The van der Waals surface area contributed by atoms with Crippen molar-refractivity contribution in [1.29, 1.82) is 0 Å². The molecular formula is C17H19FN2O2. The number of benzene rings is 2. The van der Waals surface area contributed by atoms with Gasteiger partial charge in [0.05, 0.1) is 6.61 Å². The summed E-state index contributed by atoms with van der Waals surface area (Å²) in [4.78, 5) is 12.9. The Kier molecular flexibility index (Phi) is 5.12. The highest BCUT2D eigenvalue weighted by atomic mass is 19.1. The molecule has 0 spiro atoms. The van der Waals surface area contributed by atoms with E-state index in [0.717, 1.165) is 11.1 Å². The molecule has 0 aliphatic carbocycles. The van der Waals surface area contributed by atoms with E-state index >= 15 is 0 Å². The number of hydrogen-bond donors (Lipinski definition) is 1. The number of anilines is 1. The Bertz CT molecular complexity index is 656. The maximum absolute atomic E-state index is 14.3. The number of amides is 1. The Morgan fingerprint density at radius 2 is 1.91 bits per heavy atom. The number of nitrogens with zero attached hydrogens (tertiary/aromatic N) is 1. The molecule has 1 amide bonds. The third kappa shape index (κ3) is 3.43. The smallest absolute Gasteiger partial charge is 0.413 e. The summed E-state index contributed by atoms with van der Waals surface area (Å²) < 4.78 is 19.2. The van der Waals surface area contributed by atoms with Crippen LogP contribution in [0.5, 0.6) is 0 Å². The summed E-state index contributed by atoms with van der Waals surface area (Å²) in [6.45, 7) is 2.45. The fraction of sp³-hybridized carbons (Fsp3) is 0.235. The molecule has 0 atom stereocenters. The molecule has 5 heteroatoms. The molecule has 0 aliphatic heterocycles. The third-order valence-electron chi connectivity index (χ3n) is 3.38. The molecule has 2 rings (SSSR count). The molecule has 0 saturated heterocycles. The first kappa shape index (κ1) is 16.0. The molecule has 0 aromatic heterocycles. The minimum absolute atomic E-state index is 0.275. The predicted molar refractivity (Wildman–Crippen MR) is 85.2 cm³/mol.